The van der Waals surface area contributed by atoms with Gasteiger partial charge < -0.3 is 5.11 Å². The summed E-state index contributed by atoms with van der Waals surface area (Å²) in [6.07, 6.45) is -1.21. The first kappa shape index (κ1) is 12.3. The third-order valence-corrected chi connectivity index (χ3v) is 3.27. The molecule has 1 heterocycles. The molecule has 2 aromatic carbocycles. The zero-order chi connectivity index (χ0) is 14.3. The summed E-state index contributed by atoms with van der Waals surface area (Å²) in [4.78, 5) is 23.8. The van der Waals surface area contributed by atoms with Crippen LogP contribution >= 0.6 is 0 Å². The standard InChI is InChI=1S/C14H10N2O4/c17-13-9-5-1-2-6-10(9)14(18)15(13)11-7-3-4-8-12(11)16(19)20/h1-8,13,17H. The molecule has 3 rings (SSSR count). The molecule has 1 atom stereocenters. The van der Waals surface area contributed by atoms with Crippen LogP contribution in [0, 0.1) is 10.1 Å². The van der Waals surface area contributed by atoms with Crippen LogP contribution in [-0.4, -0.2) is 15.9 Å². The summed E-state index contributed by atoms with van der Waals surface area (Å²) in [5, 5.41) is 21.3. The van der Waals surface area contributed by atoms with E-state index in [4.69, 9.17) is 0 Å². The number of rotatable bonds is 2. The molecule has 100 valence electrons. The molecule has 0 spiro atoms. The Bertz CT molecular complexity index is 714. The molecule has 6 nitrogen and oxygen atoms in total. The monoisotopic (exact) mass is 270 g/mol. The highest BCUT2D eigenvalue weighted by Gasteiger charge is 2.38. The first-order valence-corrected chi connectivity index (χ1v) is 5.95. The second-order valence-electron chi connectivity index (χ2n) is 4.38. The van der Waals surface area contributed by atoms with Gasteiger partial charge in [0.15, 0.2) is 6.23 Å². The number of nitro groups is 1. The van der Waals surface area contributed by atoms with Crippen molar-refractivity contribution in [2.75, 3.05) is 4.90 Å². The van der Waals surface area contributed by atoms with Gasteiger partial charge in [-0.3, -0.25) is 19.8 Å². The van der Waals surface area contributed by atoms with Crippen LogP contribution in [0.2, 0.25) is 0 Å². The molecule has 2 aromatic rings. The Morgan fingerprint density at radius 3 is 2.45 bits per heavy atom. The quantitative estimate of drug-likeness (QED) is 0.670. The van der Waals surface area contributed by atoms with Crippen LogP contribution in [0.5, 0.6) is 0 Å². The van der Waals surface area contributed by atoms with Crippen molar-refractivity contribution in [3.8, 4) is 0 Å². The minimum absolute atomic E-state index is 0.0891. The van der Waals surface area contributed by atoms with Crippen LogP contribution in [0.4, 0.5) is 11.4 Å². The lowest BCUT2D eigenvalue weighted by Crippen LogP contribution is -2.28. The summed E-state index contributed by atoms with van der Waals surface area (Å²) in [5.74, 6) is -0.442. The molecule has 0 aromatic heterocycles. The number of anilines is 1. The molecular formula is C14H10N2O4. The predicted octanol–water partition coefficient (Wildman–Crippen LogP) is 2.25. The summed E-state index contributed by atoms with van der Waals surface area (Å²) in [5.41, 5.74) is 0.688. The van der Waals surface area contributed by atoms with Crippen molar-refractivity contribution >= 4 is 17.3 Å². The maximum atomic E-state index is 12.3. The van der Waals surface area contributed by atoms with E-state index >= 15 is 0 Å². The van der Waals surface area contributed by atoms with Crippen LogP contribution < -0.4 is 4.90 Å². The largest absolute Gasteiger partial charge is 0.369 e. The average molecular weight is 270 g/mol. The van der Waals surface area contributed by atoms with Crippen LogP contribution in [0.1, 0.15) is 22.1 Å². The summed E-state index contributed by atoms with van der Waals surface area (Å²) in [6, 6.07) is 12.5. The van der Waals surface area contributed by atoms with Crippen LogP contribution in [0.15, 0.2) is 48.5 Å². The van der Waals surface area contributed by atoms with Crippen LogP contribution in [-0.2, 0) is 0 Å². The molecule has 20 heavy (non-hydrogen) atoms. The molecular weight excluding hydrogens is 260 g/mol. The number of amides is 1. The number of hydrogen-bond donors (Lipinski definition) is 1. The number of para-hydroxylation sites is 2. The molecule has 1 amide bonds. The highest BCUT2D eigenvalue weighted by molar-refractivity contribution is 6.11. The minimum Gasteiger partial charge on any atom is -0.369 e. The molecule has 1 unspecified atom stereocenters. The predicted molar refractivity (Wildman–Crippen MR) is 71.3 cm³/mol. The number of nitro benzene ring substituents is 1. The lowest BCUT2D eigenvalue weighted by atomic mass is 10.1. The summed E-state index contributed by atoms with van der Waals surface area (Å²) < 4.78 is 0. The second kappa shape index (κ2) is 4.43. The van der Waals surface area contributed by atoms with Gasteiger partial charge in [0.1, 0.15) is 5.69 Å². The maximum Gasteiger partial charge on any atom is 0.293 e. The SMILES string of the molecule is O=C1c2ccccc2C(O)N1c1ccccc1[N+](=O)[O-]. The van der Waals surface area contributed by atoms with E-state index in [9.17, 15) is 20.0 Å². The van der Waals surface area contributed by atoms with E-state index in [2.05, 4.69) is 0 Å². The Balaban J connectivity index is 2.14. The van der Waals surface area contributed by atoms with Crippen molar-refractivity contribution in [3.05, 3.63) is 69.8 Å². The number of fused-ring (bicyclic) bond motifs is 1. The van der Waals surface area contributed by atoms with Crippen LogP contribution in [0.25, 0.3) is 0 Å². The zero-order valence-electron chi connectivity index (χ0n) is 10.3. The fraction of sp³-hybridized carbons (Fsp3) is 0.0714. The van der Waals surface area contributed by atoms with Gasteiger partial charge in [0, 0.05) is 17.2 Å². The highest BCUT2D eigenvalue weighted by atomic mass is 16.6. The Hall–Kier alpha value is -2.73. The van der Waals surface area contributed by atoms with E-state index in [0.29, 0.717) is 11.1 Å². The lowest BCUT2D eigenvalue weighted by Gasteiger charge is -2.20. The van der Waals surface area contributed by atoms with E-state index in [1.165, 1.54) is 18.2 Å². The Kier molecular flexibility index (Phi) is 2.73. The molecule has 0 radical (unpaired) electrons. The minimum atomic E-state index is -1.21. The van der Waals surface area contributed by atoms with Gasteiger partial charge in [-0.1, -0.05) is 30.3 Å². The number of aliphatic hydroxyl groups is 1. The Labute approximate surface area is 114 Å². The molecule has 0 fully saturated rings. The third-order valence-electron chi connectivity index (χ3n) is 3.27. The smallest absolute Gasteiger partial charge is 0.293 e. The van der Waals surface area contributed by atoms with Crippen molar-refractivity contribution < 1.29 is 14.8 Å². The van der Waals surface area contributed by atoms with Gasteiger partial charge in [0.2, 0.25) is 0 Å². The number of carbonyl (C=O) groups excluding carboxylic acids is 1. The highest BCUT2D eigenvalue weighted by Crippen LogP contribution is 2.39. The van der Waals surface area contributed by atoms with Crippen LogP contribution in [0.3, 0.4) is 0 Å². The molecule has 0 saturated heterocycles. The van der Waals surface area contributed by atoms with Crippen molar-refractivity contribution in [2.24, 2.45) is 0 Å². The number of hydrogen-bond acceptors (Lipinski definition) is 4. The van der Waals surface area contributed by atoms with Crippen molar-refractivity contribution in [2.45, 2.75) is 6.23 Å². The maximum absolute atomic E-state index is 12.3. The molecule has 6 heteroatoms. The Morgan fingerprint density at radius 2 is 1.75 bits per heavy atom. The topological polar surface area (TPSA) is 83.7 Å². The van der Waals surface area contributed by atoms with Gasteiger partial charge in [-0.25, -0.2) is 0 Å². The summed E-state index contributed by atoms with van der Waals surface area (Å²) in [6.45, 7) is 0. The summed E-state index contributed by atoms with van der Waals surface area (Å²) >= 11 is 0. The van der Waals surface area contributed by atoms with Gasteiger partial charge in [0.05, 0.1) is 4.92 Å². The number of aliphatic hydroxyl groups excluding tert-OH is 1. The Morgan fingerprint density at radius 1 is 1.10 bits per heavy atom. The molecule has 1 N–H and O–H groups in total. The first-order chi connectivity index (χ1) is 9.61. The van der Waals surface area contributed by atoms with Gasteiger partial charge in [-0.05, 0) is 12.1 Å². The lowest BCUT2D eigenvalue weighted by molar-refractivity contribution is -0.384. The number of benzene rings is 2. The first-order valence-electron chi connectivity index (χ1n) is 5.95. The van der Waals surface area contributed by atoms with E-state index in [1.807, 2.05) is 0 Å². The summed E-state index contributed by atoms with van der Waals surface area (Å²) in [7, 11) is 0. The second-order valence-corrected chi connectivity index (χ2v) is 4.38. The van der Waals surface area contributed by atoms with Crippen molar-refractivity contribution in [1.29, 1.82) is 0 Å². The molecule has 1 aliphatic rings. The fourth-order valence-electron chi connectivity index (χ4n) is 2.36. The van der Waals surface area contributed by atoms with Gasteiger partial charge in [-0.15, -0.1) is 0 Å². The average Bonchev–Trinajstić information content (AvgIpc) is 2.71. The number of carbonyl (C=O) groups is 1. The molecule has 1 aliphatic heterocycles. The zero-order valence-corrected chi connectivity index (χ0v) is 10.3. The van der Waals surface area contributed by atoms with Gasteiger partial charge >= 0.3 is 0 Å². The normalized spacial score (nSPS) is 17.1. The van der Waals surface area contributed by atoms with E-state index in [0.717, 1.165) is 4.90 Å². The van der Waals surface area contributed by atoms with E-state index < -0.39 is 17.1 Å². The fourth-order valence-corrected chi connectivity index (χ4v) is 2.36. The number of nitrogens with zero attached hydrogens (tertiary/aromatic N) is 2. The third kappa shape index (κ3) is 1.66. The van der Waals surface area contributed by atoms with E-state index in [1.54, 1.807) is 30.3 Å². The molecule has 0 bridgehead atoms. The van der Waals surface area contributed by atoms with Crippen molar-refractivity contribution in [1.82, 2.24) is 0 Å². The van der Waals surface area contributed by atoms with E-state index in [-0.39, 0.29) is 11.4 Å². The molecule has 0 saturated carbocycles. The van der Waals surface area contributed by atoms with Crippen molar-refractivity contribution in [3.63, 3.8) is 0 Å². The van der Waals surface area contributed by atoms with Gasteiger partial charge in [0.25, 0.3) is 11.6 Å². The van der Waals surface area contributed by atoms with Gasteiger partial charge in [-0.2, -0.15) is 0 Å². The molecule has 0 aliphatic carbocycles.